The van der Waals surface area contributed by atoms with Gasteiger partial charge < -0.3 is 5.11 Å². The molecule has 1 aromatic heterocycles. The van der Waals surface area contributed by atoms with Crippen LogP contribution in [0.2, 0.25) is 0 Å². The van der Waals surface area contributed by atoms with Crippen molar-refractivity contribution in [2.45, 2.75) is 6.10 Å². The van der Waals surface area contributed by atoms with E-state index in [1.165, 1.54) is 0 Å². The maximum Gasteiger partial charge on any atom is 0.233 e. The number of nitrogens with zero attached hydrogens (tertiary/aromatic N) is 2. The van der Waals surface area contributed by atoms with Gasteiger partial charge in [0.15, 0.2) is 0 Å². The summed E-state index contributed by atoms with van der Waals surface area (Å²) in [7, 11) is 0. The summed E-state index contributed by atoms with van der Waals surface area (Å²) in [5.41, 5.74) is 1.37. The Labute approximate surface area is 84.7 Å². The first-order chi connectivity index (χ1) is 7.16. The molecule has 0 amide bonds. The molecule has 1 atom stereocenters. The molecule has 1 heterocycles. The fourth-order valence-corrected chi connectivity index (χ4v) is 1.42. The number of nitrogens with one attached hydrogen (secondary N) is 1. The largest absolute Gasteiger partial charge is 0.382 e. The Morgan fingerprint density at radius 1 is 1.60 bits per heavy atom. The number of hydrogen-bond acceptors (Lipinski definition) is 4. The van der Waals surface area contributed by atoms with E-state index in [-0.39, 0.29) is 0 Å². The second-order valence-corrected chi connectivity index (χ2v) is 3.25. The lowest BCUT2D eigenvalue weighted by Gasteiger charge is -2.05. The first kappa shape index (κ1) is 9.60. The molecular weight excluding hydrogens is 198 g/mol. The Hall–Kier alpha value is -1.95. The summed E-state index contributed by atoms with van der Waals surface area (Å²) in [5.74, 6) is 0. The first-order valence-corrected chi connectivity index (χ1v) is 4.40. The topological polar surface area (TPSA) is 92.0 Å². The van der Waals surface area contributed by atoms with E-state index in [1.54, 1.807) is 24.4 Å². The number of fused-ring (bicyclic) bond motifs is 1. The van der Waals surface area contributed by atoms with Crippen LogP contribution < -0.4 is 0 Å². The normalized spacial score (nSPS) is 12.9. The third kappa shape index (κ3) is 1.94. The van der Waals surface area contributed by atoms with Crippen molar-refractivity contribution in [1.29, 1.82) is 0 Å². The van der Waals surface area contributed by atoms with Crippen molar-refractivity contribution in [3.63, 3.8) is 0 Å². The van der Waals surface area contributed by atoms with Gasteiger partial charge in [-0.25, -0.2) is 0 Å². The van der Waals surface area contributed by atoms with E-state index >= 15 is 0 Å². The summed E-state index contributed by atoms with van der Waals surface area (Å²) < 4.78 is 0. The van der Waals surface area contributed by atoms with Crippen LogP contribution in [-0.4, -0.2) is 26.8 Å². The van der Waals surface area contributed by atoms with Crippen molar-refractivity contribution < 1.29 is 10.0 Å². The predicted molar refractivity (Wildman–Crippen MR) is 52.9 cm³/mol. The van der Waals surface area contributed by atoms with Gasteiger partial charge in [-0.05, 0) is 17.7 Å². The molecule has 2 aromatic rings. The van der Waals surface area contributed by atoms with Crippen LogP contribution in [0.4, 0.5) is 0 Å². The minimum atomic E-state index is -1.07. The molecule has 1 aromatic carbocycles. The van der Waals surface area contributed by atoms with Gasteiger partial charge in [0.25, 0.3) is 0 Å². The molecule has 2 rings (SSSR count). The molecule has 2 N–H and O–H groups in total. The molecule has 0 saturated heterocycles. The second-order valence-electron chi connectivity index (χ2n) is 3.25. The second kappa shape index (κ2) is 3.66. The molecule has 6 nitrogen and oxygen atoms in total. The Morgan fingerprint density at radius 2 is 2.40 bits per heavy atom. The molecule has 78 valence electrons. The van der Waals surface area contributed by atoms with E-state index in [1.807, 2.05) is 0 Å². The molecule has 0 bridgehead atoms. The molecule has 0 aliphatic rings. The third-order valence-corrected chi connectivity index (χ3v) is 2.17. The van der Waals surface area contributed by atoms with Gasteiger partial charge >= 0.3 is 0 Å². The number of benzene rings is 1. The van der Waals surface area contributed by atoms with Gasteiger partial charge in [-0.15, -0.1) is 0 Å². The van der Waals surface area contributed by atoms with Crippen LogP contribution in [0.5, 0.6) is 0 Å². The summed E-state index contributed by atoms with van der Waals surface area (Å²) >= 11 is 0. The standard InChI is InChI=1S/C9H9N3O3/c13-9(5-12(14)15)6-1-2-8-7(3-6)4-10-11-8/h1-4,9,13H,5H2,(H,10,11). The molecule has 0 spiro atoms. The quantitative estimate of drug-likeness (QED) is 0.577. The predicted octanol–water partition coefficient (Wildman–Crippen LogP) is 0.873. The Morgan fingerprint density at radius 3 is 3.13 bits per heavy atom. The number of aliphatic hydroxyl groups excluding tert-OH is 1. The third-order valence-electron chi connectivity index (χ3n) is 2.17. The van der Waals surface area contributed by atoms with E-state index < -0.39 is 17.6 Å². The lowest BCUT2D eigenvalue weighted by atomic mass is 10.1. The van der Waals surface area contributed by atoms with Crippen LogP contribution in [0.15, 0.2) is 24.4 Å². The molecule has 0 aliphatic heterocycles. The summed E-state index contributed by atoms with van der Waals surface area (Å²) in [6.45, 7) is -0.483. The summed E-state index contributed by atoms with van der Waals surface area (Å²) in [6, 6.07) is 5.07. The zero-order chi connectivity index (χ0) is 10.8. The number of aliphatic hydroxyl groups is 1. The SMILES string of the molecule is O=[N+]([O-])CC(O)c1ccc2[nH]ncc2c1. The maximum absolute atomic E-state index is 10.2. The van der Waals surface area contributed by atoms with Crippen LogP contribution in [0, 0.1) is 10.1 Å². The molecule has 0 radical (unpaired) electrons. The van der Waals surface area contributed by atoms with Gasteiger partial charge in [0.1, 0.15) is 6.10 Å². The highest BCUT2D eigenvalue weighted by atomic mass is 16.6. The van der Waals surface area contributed by atoms with E-state index in [0.29, 0.717) is 5.56 Å². The van der Waals surface area contributed by atoms with Crippen molar-refractivity contribution in [2.24, 2.45) is 0 Å². The van der Waals surface area contributed by atoms with Crippen LogP contribution in [-0.2, 0) is 0 Å². The monoisotopic (exact) mass is 207 g/mol. The van der Waals surface area contributed by atoms with Gasteiger partial charge in [-0.2, -0.15) is 5.10 Å². The lowest BCUT2D eigenvalue weighted by Crippen LogP contribution is -2.11. The number of rotatable bonds is 3. The molecule has 6 heteroatoms. The average molecular weight is 207 g/mol. The number of aromatic nitrogens is 2. The number of aromatic amines is 1. The fourth-order valence-electron chi connectivity index (χ4n) is 1.42. The Balaban J connectivity index is 2.30. The van der Waals surface area contributed by atoms with Crippen molar-refractivity contribution in [1.82, 2.24) is 10.2 Å². The van der Waals surface area contributed by atoms with Crippen molar-refractivity contribution in [3.8, 4) is 0 Å². The van der Waals surface area contributed by atoms with Crippen LogP contribution in [0.25, 0.3) is 10.9 Å². The summed E-state index contributed by atoms with van der Waals surface area (Å²) in [5, 5.41) is 27.2. The maximum atomic E-state index is 10.2. The van der Waals surface area contributed by atoms with E-state index in [4.69, 9.17) is 0 Å². The Kier molecular flexibility index (Phi) is 2.34. The molecular formula is C9H9N3O3. The van der Waals surface area contributed by atoms with Crippen LogP contribution in [0.1, 0.15) is 11.7 Å². The van der Waals surface area contributed by atoms with Gasteiger partial charge in [0.2, 0.25) is 6.54 Å². The molecule has 0 saturated carbocycles. The zero-order valence-corrected chi connectivity index (χ0v) is 7.75. The highest BCUT2D eigenvalue weighted by Crippen LogP contribution is 2.18. The van der Waals surface area contributed by atoms with Gasteiger partial charge in [-0.1, -0.05) is 6.07 Å². The van der Waals surface area contributed by atoms with Gasteiger partial charge in [-0.3, -0.25) is 15.2 Å². The van der Waals surface area contributed by atoms with Crippen LogP contribution >= 0.6 is 0 Å². The highest BCUT2D eigenvalue weighted by Gasteiger charge is 2.14. The van der Waals surface area contributed by atoms with Crippen molar-refractivity contribution in [2.75, 3.05) is 6.54 Å². The fraction of sp³-hybridized carbons (Fsp3) is 0.222. The van der Waals surface area contributed by atoms with Crippen LogP contribution in [0.3, 0.4) is 0 Å². The number of nitro groups is 1. The molecule has 15 heavy (non-hydrogen) atoms. The van der Waals surface area contributed by atoms with E-state index in [0.717, 1.165) is 10.9 Å². The van der Waals surface area contributed by atoms with E-state index in [9.17, 15) is 15.2 Å². The van der Waals surface area contributed by atoms with Gasteiger partial charge in [0.05, 0.1) is 11.7 Å². The molecule has 0 fully saturated rings. The smallest absolute Gasteiger partial charge is 0.233 e. The zero-order valence-electron chi connectivity index (χ0n) is 7.75. The molecule has 0 aliphatic carbocycles. The minimum absolute atomic E-state index is 0.483. The van der Waals surface area contributed by atoms with Crippen molar-refractivity contribution >= 4 is 10.9 Å². The molecule has 1 unspecified atom stereocenters. The lowest BCUT2D eigenvalue weighted by molar-refractivity contribution is -0.491. The van der Waals surface area contributed by atoms with Crippen molar-refractivity contribution in [3.05, 3.63) is 40.1 Å². The number of hydrogen-bond donors (Lipinski definition) is 2. The van der Waals surface area contributed by atoms with Gasteiger partial charge in [0, 0.05) is 10.3 Å². The highest BCUT2D eigenvalue weighted by molar-refractivity contribution is 5.78. The average Bonchev–Trinajstić information content (AvgIpc) is 2.62. The summed E-state index contributed by atoms with van der Waals surface area (Å²) in [4.78, 5) is 9.69. The minimum Gasteiger partial charge on any atom is -0.382 e. The van der Waals surface area contributed by atoms with E-state index in [2.05, 4.69) is 10.2 Å². The Bertz CT molecular complexity index is 494. The summed E-state index contributed by atoms with van der Waals surface area (Å²) in [6.07, 6.45) is 0.539. The first-order valence-electron chi connectivity index (χ1n) is 4.40. The number of H-pyrrole nitrogens is 1.